The van der Waals surface area contributed by atoms with E-state index in [1.165, 1.54) is 18.2 Å². The minimum absolute atomic E-state index is 0.0547. The van der Waals surface area contributed by atoms with Crippen molar-refractivity contribution in [2.24, 2.45) is 5.73 Å². The van der Waals surface area contributed by atoms with Crippen molar-refractivity contribution in [3.63, 3.8) is 0 Å². The molecule has 20 heavy (non-hydrogen) atoms. The molecular formula is C11H15N5O4. The first-order valence-electron chi connectivity index (χ1n) is 5.73. The lowest BCUT2D eigenvalue weighted by molar-refractivity contribution is -0.385. The number of nitrogens with zero attached hydrogens (tertiary/aromatic N) is 1. The second-order valence-electron chi connectivity index (χ2n) is 3.79. The predicted octanol–water partition coefficient (Wildman–Crippen LogP) is 0.0346. The van der Waals surface area contributed by atoms with E-state index in [2.05, 4.69) is 16.0 Å². The molecule has 0 heterocycles. The third-order valence-electron chi connectivity index (χ3n) is 2.44. The highest BCUT2D eigenvalue weighted by atomic mass is 16.6. The minimum Gasteiger partial charge on any atom is -0.388 e. The Labute approximate surface area is 114 Å². The average molecular weight is 281 g/mol. The van der Waals surface area contributed by atoms with Gasteiger partial charge in [0.25, 0.3) is 11.6 Å². The van der Waals surface area contributed by atoms with Crippen molar-refractivity contribution in [3.8, 4) is 0 Å². The van der Waals surface area contributed by atoms with E-state index in [9.17, 15) is 19.7 Å². The fourth-order valence-corrected chi connectivity index (χ4v) is 1.49. The molecule has 0 spiro atoms. The number of nitro groups is 1. The summed E-state index contributed by atoms with van der Waals surface area (Å²) in [7, 11) is 1.64. The standard InChI is InChI=1S/C11H15N5O4/c1-13-7-2-3-9(16(19)20)8(6-7)10(17)14-4-5-15-11(12)18/h2-3,6,13H,4-5H2,1H3,(H,14,17)(H3,12,15,18). The van der Waals surface area contributed by atoms with Gasteiger partial charge in [-0.15, -0.1) is 0 Å². The zero-order valence-electron chi connectivity index (χ0n) is 10.8. The molecule has 5 N–H and O–H groups in total. The average Bonchev–Trinajstić information content (AvgIpc) is 2.42. The maximum Gasteiger partial charge on any atom is 0.312 e. The maximum atomic E-state index is 11.9. The van der Waals surface area contributed by atoms with Crippen molar-refractivity contribution in [1.82, 2.24) is 10.6 Å². The van der Waals surface area contributed by atoms with E-state index in [0.717, 1.165) is 0 Å². The third-order valence-corrected chi connectivity index (χ3v) is 2.44. The number of anilines is 1. The third kappa shape index (κ3) is 4.12. The Morgan fingerprint density at radius 2 is 1.95 bits per heavy atom. The normalized spacial score (nSPS) is 9.65. The number of amides is 3. The first-order valence-corrected chi connectivity index (χ1v) is 5.73. The monoisotopic (exact) mass is 281 g/mol. The van der Waals surface area contributed by atoms with Gasteiger partial charge in [0.05, 0.1) is 4.92 Å². The summed E-state index contributed by atoms with van der Waals surface area (Å²) in [5, 5.41) is 18.4. The van der Waals surface area contributed by atoms with Crippen LogP contribution in [0, 0.1) is 10.1 Å². The number of carbonyl (C=O) groups is 2. The van der Waals surface area contributed by atoms with Crippen LogP contribution in [0.5, 0.6) is 0 Å². The molecule has 9 heteroatoms. The van der Waals surface area contributed by atoms with Gasteiger partial charge in [-0.1, -0.05) is 0 Å². The van der Waals surface area contributed by atoms with Crippen LogP contribution >= 0.6 is 0 Å². The van der Waals surface area contributed by atoms with E-state index in [4.69, 9.17) is 5.73 Å². The molecule has 108 valence electrons. The molecule has 0 bridgehead atoms. The number of carbonyl (C=O) groups excluding carboxylic acids is 2. The van der Waals surface area contributed by atoms with Gasteiger partial charge in [-0.2, -0.15) is 0 Å². The van der Waals surface area contributed by atoms with Gasteiger partial charge in [0, 0.05) is 31.9 Å². The molecule has 0 radical (unpaired) electrons. The summed E-state index contributed by atoms with van der Waals surface area (Å²) in [6.07, 6.45) is 0. The number of nitro benzene ring substituents is 1. The zero-order chi connectivity index (χ0) is 15.1. The number of rotatable bonds is 6. The van der Waals surface area contributed by atoms with Crippen LogP contribution in [0.1, 0.15) is 10.4 Å². The summed E-state index contributed by atoms with van der Waals surface area (Å²) in [4.78, 5) is 32.6. The van der Waals surface area contributed by atoms with Crippen LogP contribution < -0.4 is 21.7 Å². The second-order valence-corrected chi connectivity index (χ2v) is 3.79. The van der Waals surface area contributed by atoms with Gasteiger partial charge in [0.15, 0.2) is 0 Å². The molecule has 9 nitrogen and oxygen atoms in total. The molecule has 0 aliphatic rings. The summed E-state index contributed by atoms with van der Waals surface area (Å²) >= 11 is 0. The molecule has 0 aliphatic carbocycles. The van der Waals surface area contributed by atoms with Crippen molar-refractivity contribution >= 4 is 23.3 Å². The maximum absolute atomic E-state index is 11.9. The lowest BCUT2D eigenvalue weighted by Gasteiger charge is -2.08. The van der Waals surface area contributed by atoms with E-state index in [0.29, 0.717) is 5.69 Å². The van der Waals surface area contributed by atoms with Crippen molar-refractivity contribution in [1.29, 1.82) is 0 Å². The Morgan fingerprint density at radius 3 is 2.50 bits per heavy atom. The van der Waals surface area contributed by atoms with E-state index in [1.54, 1.807) is 7.05 Å². The molecular weight excluding hydrogens is 266 g/mol. The molecule has 0 aromatic heterocycles. The number of hydrogen-bond acceptors (Lipinski definition) is 5. The highest BCUT2D eigenvalue weighted by Crippen LogP contribution is 2.22. The van der Waals surface area contributed by atoms with Crippen LogP contribution in [0.2, 0.25) is 0 Å². The lowest BCUT2D eigenvalue weighted by Crippen LogP contribution is -2.37. The molecule has 0 saturated heterocycles. The summed E-state index contributed by atoms with van der Waals surface area (Å²) in [5.41, 5.74) is 5.10. The molecule has 0 saturated carbocycles. The fourth-order valence-electron chi connectivity index (χ4n) is 1.49. The lowest BCUT2D eigenvalue weighted by atomic mass is 10.1. The molecule has 0 fully saturated rings. The Balaban J connectivity index is 2.79. The van der Waals surface area contributed by atoms with Crippen LogP contribution in [-0.2, 0) is 0 Å². The van der Waals surface area contributed by atoms with Gasteiger partial charge >= 0.3 is 6.03 Å². The van der Waals surface area contributed by atoms with Crippen LogP contribution in [0.15, 0.2) is 18.2 Å². The molecule has 0 aliphatic heterocycles. The molecule has 3 amide bonds. The number of hydrogen-bond donors (Lipinski definition) is 4. The summed E-state index contributed by atoms with van der Waals surface area (Å²) in [6, 6.07) is 3.43. The Kier molecular flexibility index (Phi) is 5.27. The van der Waals surface area contributed by atoms with Crippen molar-refractivity contribution < 1.29 is 14.5 Å². The van der Waals surface area contributed by atoms with Crippen LogP contribution in [0.4, 0.5) is 16.2 Å². The molecule has 0 unspecified atom stereocenters. The molecule has 1 rings (SSSR count). The fraction of sp³-hybridized carbons (Fsp3) is 0.273. The number of urea groups is 1. The van der Waals surface area contributed by atoms with Gasteiger partial charge in [-0.05, 0) is 12.1 Å². The molecule has 1 aromatic carbocycles. The number of primary amides is 1. The van der Waals surface area contributed by atoms with E-state index >= 15 is 0 Å². The Hall–Kier alpha value is -2.84. The number of nitrogens with one attached hydrogen (secondary N) is 3. The smallest absolute Gasteiger partial charge is 0.312 e. The minimum atomic E-state index is -0.706. The van der Waals surface area contributed by atoms with Gasteiger partial charge in [-0.25, -0.2) is 4.79 Å². The summed E-state index contributed by atoms with van der Waals surface area (Å²) in [6.45, 7) is 0.253. The SMILES string of the molecule is CNc1ccc([N+](=O)[O-])c(C(=O)NCCNC(N)=O)c1. The first-order chi connectivity index (χ1) is 9.45. The van der Waals surface area contributed by atoms with Crippen molar-refractivity contribution in [2.45, 2.75) is 0 Å². The van der Waals surface area contributed by atoms with Crippen LogP contribution in [0.3, 0.4) is 0 Å². The van der Waals surface area contributed by atoms with Gasteiger partial charge in [-0.3, -0.25) is 14.9 Å². The summed E-state index contributed by atoms with van der Waals surface area (Å²) < 4.78 is 0. The highest BCUT2D eigenvalue weighted by molar-refractivity contribution is 5.99. The molecule has 0 atom stereocenters. The highest BCUT2D eigenvalue weighted by Gasteiger charge is 2.20. The zero-order valence-corrected chi connectivity index (χ0v) is 10.8. The van der Waals surface area contributed by atoms with E-state index in [-0.39, 0.29) is 24.3 Å². The number of benzene rings is 1. The quantitative estimate of drug-likeness (QED) is 0.331. The van der Waals surface area contributed by atoms with Gasteiger partial charge < -0.3 is 21.7 Å². The Bertz CT molecular complexity index is 532. The van der Waals surface area contributed by atoms with E-state index in [1.807, 2.05) is 0 Å². The number of nitrogens with two attached hydrogens (primary N) is 1. The largest absolute Gasteiger partial charge is 0.388 e. The van der Waals surface area contributed by atoms with E-state index < -0.39 is 16.9 Å². The van der Waals surface area contributed by atoms with Crippen molar-refractivity contribution in [2.75, 3.05) is 25.5 Å². The van der Waals surface area contributed by atoms with Crippen LogP contribution in [0.25, 0.3) is 0 Å². The molecule has 1 aromatic rings. The van der Waals surface area contributed by atoms with Gasteiger partial charge in [0.1, 0.15) is 5.56 Å². The van der Waals surface area contributed by atoms with Gasteiger partial charge in [0.2, 0.25) is 0 Å². The second kappa shape index (κ2) is 6.92. The van der Waals surface area contributed by atoms with Crippen LogP contribution in [-0.4, -0.2) is 37.0 Å². The predicted molar refractivity (Wildman–Crippen MR) is 72.6 cm³/mol. The van der Waals surface area contributed by atoms with Crippen molar-refractivity contribution in [3.05, 3.63) is 33.9 Å². The Morgan fingerprint density at radius 1 is 1.30 bits per heavy atom. The topological polar surface area (TPSA) is 139 Å². The summed E-state index contributed by atoms with van der Waals surface area (Å²) in [5.74, 6) is -0.597. The first kappa shape index (κ1) is 15.2.